The van der Waals surface area contributed by atoms with Gasteiger partial charge in [-0.25, -0.2) is 0 Å². The van der Waals surface area contributed by atoms with Crippen LogP contribution in [0.1, 0.15) is 25.8 Å². The number of methoxy groups -OCH3 is 1. The molecule has 0 radical (unpaired) electrons. The summed E-state index contributed by atoms with van der Waals surface area (Å²) in [6.45, 7) is 4.45. The third kappa shape index (κ3) is 3.68. The summed E-state index contributed by atoms with van der Waals surface area (Å²) in [5, 5.41) is 4.09. The molecule has 0 N–H and O–H groups in total. The normalized spacial score (nSPS) is 13.8. The van der Waals surface area contributed by atoms with Gasteiger partial charge < -0.3 is 4.74 Å². The molecule has 0 aliphatic heterocycles. The van der Waals surface area contributed by atoms with E-state index in [-0.39, 0.29) is 0 Å². The van der Waals surface area contributed by atoms with E-state index < -0.39 is 7.92 Å². The number of rotatable bonds is 5. The maximum atomic E-state index is 5.62. The zero-order valence-corrected chi connectivity index (χ0v) is 17.5. The lowest BCUT2D eigenvalue weighted by molar-refractivity contribution is 0.415. The van der Waals surface area contributed by atoms with Crippen LogP contribution in [0.25, 0.3) is 5.57 Å². The third-order valence-electron chi connectivity index (χ3n) is 5.19. The second-order valence-corrected chi connectivity index (χ2v) is 9.40. The molecule has 1 aliphatic carbocycles. The van der Waals surface area contributed by atoms with E-state index in [1.54, 1.807) is 7.11 Å². The summed E-state index contributed by atoms with van der Waals surface area (Å²) in [4.78, 5) is 0. The fourth-order valence-corrected chi connectivity index (χ4v) is 6.40. The highest BCUT2D eigenvalue weighted by Gasteiger charge is 2.23. The summed E-state index contributed by atoms with van der Waals surface area (Å²) in [6.07, 6.45) is 3.34. The predicted octanol–water partition coefficient (Wildman–Crippen LogP) is 5.58. The molecule has 140 valence electrons. The molecule has 0 unspecified atom stereocenters. The summed E-state index contributed by atoms with van der Waals surface area (Å²) in [7, 11) is 1.07. The molecule has 1 aliphatic rings. The Morgan fingerprint density at radius 3 is 1.89 bits per heavy atom. The smallest absolute Gasteiger partial charge is 0.119 e. The minimum Gasteiger partial charge on any atom is -0.497 e. The molecule has 0 heterocycles. The molecule has 0 saturated carbocycles. The zero-order chi connectivity index (χ0) is 19.5. The summed E-state index contributed by atoms with van der Waals surface area (Å²) >= 11 is 0. The van der Waals surface area contributed by atoms with Gasteiger partial charge in [0.05, 0.1) is 7.11 Å². The van der Waals surface area contributed by atoms with Gasteiger partial charge in [0.15, 0.2) is 0 Å². The maximum Gasteiger partial charge on any atom is 0.119 e. The molecule has 0 atom stereocenters. The predicted molar refractivity (Wildman–Crippen MR) is 123 cm³/mol. The zero-order valence-electron chi connectivity index (χ0n) is 16.6. The molecule has 1 nitrogen and oxygen atoms in total. The van der Waals surface area contributed by atoms with Gasteiger partial charge in [-0.1, -0.05) is 78.4 Å². The first-order chi connectivity index (χ1) is 13.7. The van der Waals surface area contributed by atoms with Crippen LogP contribution in [0.4, 0.5) is 0 Å². The van der Waals surface area contributed by atoms with Crippen LogP contribution in [-0.4, -0.2) is 7.11 Å². The Kier molecular flexibility index (Phi) is 5.46. The number of hydrogen-bond acceptors (Lipinski definition) is 1. The van der Waals surface area contributed by atoms with Gasteiger partial charge in [-0.3, -0.25) is 0 Å². The van der Waals surface area contributed by atoms with E-state index >= 15 is 0 Å². The second-order valence-electron chi connectivity index (χ2n) is 7.22. The third-order valence-corrected chi connectivity index (χ3v) is 7.68. The lowest BCUT2D eigenvalue weighted by atomic mass is 10.0. The lowest BCUT2D eigenvalue weighted by Crippen LogP contribution is -2.23. The SMILES string of the molecule is COc1ccc(C2=C(C)C=C(C)C2)c(P(c2ccccc2)c2ccccc2)c1. The van der Waals surface area contributed by atoms with Gasteiger partial charge in [-0.05, 0) is 72.9 Å². The average molecular weight is 384 g/mol. The number of ether oxygens (including phenoxy) is 1. The van der Waals surface area contributed by atoms with Crippen molar-refractivity contribution in [2.75, 3.05) is 7.11 Å². The number of hydrogen-bond donors (Lipinski definition) is 0. The molecule has 2 heteroatoms. The maximum absolute atomic E-state index is 5.62. The quantitative estimate of drug-likeness (QED) is 0.522. The molecule has 3 aromatic rings. The van der Waals surface area contributed by atoms with Gasteiger partial charge >= 0.3 is 0 Å². The van der Waals surface area contributed by atoms with Gasteiger partial charge in [0, 0.05) is 0 Å². The minimum atomic E-state index is -0.675. The summed E-state index contributed by atoms with van der Waals surface area (Å²) in [5.41, 5.74) is 5.60. The van der Waals surface area contributed by atoms with E-state index in [0.717, 1.165) is 12.2 Å². The molecule has 0 saturated heterocycles. The van der Waals surface area contributed by atoms with Crippen LogP contribution in [0, 0.1) is 0 Å². The average Bonchev–Trinajstić information content (AvgIpc) is 3.07. The van der Waals surface area contributed by atoms with E-state index in [1.807, 2.05) is 0 Å². The van der Waals surface area contributed by atoms with E-state index in [2.05, 4.69) is 98.8 Å². The van der Waals surface area contributed by atoms with E-state index in [1.165, 1.54) is 38.2 Å². The molecule has 0 amide bonds. The van der Waals surface area contributed by atoms with Crippen LogP contribution in [0.3, 0.4) is 0 Å². The molecule has 3 aromatic carbocycles. The Hall–Kier alpha value is -2.63. The highest BCUT2D eigenvalue weighted by atomic mass is 31.1. The van der Waals surface area contributed by atoms with Gasteiger partial charge in [0.25, 0.3) is 0 Å². The van der Waals surface area contributed by atoms with Crippen LogP contribution in [0.2, 0.25) is 0 Å². The minimum absolute atomic E-state index is 0.675. The van der Waals surface area contributed by atoms with Gasteiger partial charge in [0.1, 0.15) is 5.75 Å². The van der Waals surface area contributed by atoms with Gasteiger partial charge in [-0.15, -0.1) is 0 Å². The number of allylic oxidation sites excluding steroid dienone is 4. The summed E-state index contributed by atoms with van der Waals surface area (Å²) in [6, 6.07) is 28.3. The summed E-state index contributed by atoms with van der Waals surface area (Å²) < 4.78 is 5.62. The lowest BCUT2D eigenvalue weighted by Gasteiger charge is -2.24. The molecule has 4 rings (SSSR count). The van der Waals surface area contributed by atoms with Crippen molar-refractivity contribution < 1.29 is 4.74 Å². The second kappa shape index (κ2) is 8.17. The van der Waals surface area contributed by atoms with Crippen molar-refractivity contribution in [3.8, 4) is 5.75 Å². The Balaban J connectivity index is 1.95. The molecule has 0 bridgehead atoms. The molecular formula is C26H25OP. The van der Waals surface area contributed by atoms with Crippen molar-refractivity contribution in [3.05, 3.63) is 102 Å². The largest absolute Gasteiger partial charge is 0.497 e. The first kappa shape index (κ1) is 18.7. The van der Waals surface area contributed by atoms with Crippen LogP contribution in [0.15, 0.2) is 96.1 Å². The van der Waals surface area contributed by atoms with Crippen molar-refractivity contribution in [1.82, 2.24) is 0 Å². The van der Waals surface area contributed by atoms with E-state index in [0.29, 0.717) is 0 Å². The van der Waals surface area contributed by atoms with Crippen LogP contribution >= 0.6 is 7.92 Å². The Morgan fingerprint density at radius 2 is 1.39 bits per heavy atom. The Morgan fingerprint density at radius 1 is 0.786 bits per heavy atom. The fourth-order valence-electron chi connectivity index (χ4n) is 3.89. The molecule has 0 spiro atoms. The van der Waals surface area contributed by atoms with Crippen LogP contribution in [-0.2, 0) is 0 Å². The van der Waals surface area contributed by atoms with E-state index in [4.69, 9.17) is 4.74 Å². The fraction of sp³-hybridized carbons (Fsp3) is 0.154. The van der Waals surface area contributed by atoms with Crippen molar-refractivity contribution in [1.29, 1.82) is 0 Å². The van der Waals surface area contributed by atoms with Crippen molar-refractivity contribution in [2.45, 2.75) is 20.3 Å². The molecule has 0 aromatic heterocycles. The number of benzene rings is 3. The molecular weight excluding hydrogens is 359 g/mol. The molecule has 28 heavy (non-hydrogen) atoms. The highest BCUT2D eigenvalue weighted by Crippen LogP contribution is 2.40. The molecule has 0 fully saturated rings. The first-order valence-electron chi connectivity index (χ1n) is 9.63. The van der Waals surface area contributed by atoms with Crippen LogP contribution in [0.5, 0.6) is 5.75 Å². The summed E-state index contributed by atoms with van der Waals surface area (Å²) in [5.74, 6) is 0.916. The Labute approximate surface area is 169 Å². The monoisotopic (exact) mass is 384 g/mol. The van der Waals surface area contributed by atoms with Crippen molar-refractivity contribution in [2.24, 2.45) is 0 Å². The Bertz CT molecular complexity index is 993. The standard InChI is InChI=1S/C26H25OP/c1-19-16-20(2)25(17-19)24-15-14-21(27-3)18-26(24)28(22-10-6-4-7-11-22)23-12-8-5-9-13-23/h4-16,18H,17H2,1-3H3. The highest BCUT2D eigenvalue weighted by molar-refractivity contribution is 7.80. The van der Waals surface area contributed by atoms with Crippen LogP contribution < -0.4 is 20.7 Å². The first-order valence-corrected chi connectivity index (χ1v) is 11.0. The topological polar surface area (TPSA) is 9.23 Å². The van der Waals surface area contributed by atoms with E-state index in [9.17, 15) is 0 Å². The van der Waals surface area contributed by atoms with Gasteiger partial charge in [0.2, 0.25) is 0 Å². The van der Waals surface area contributed by atoms with Crippen molar-refractivity contribution >= 4 is 29.4 Å². The van der Waals surface area contributed by atoms with Gasteiger partial charge in [-0.2, -0.15) is 0 Å². The van der Waals surface area contributed by atoms with Crippen molar-refractivity contribution in [3.63, 3.8) is 0 Å².